The van der Waals surface area contributed by atoms with Crippen molar-refractivity contribution >= 4 is 29.1 Å². The fourth-order valence-corrected chi connectivity index (χ4v) is 5.15. The molecule has 30 heavy (non-hydrogen) atoms. The van der Waals surface area contributed by atoms with Gasteiger partial charge in [-0.25, -0.2) is 0 Å². The molecule has 2 heterocycles. The van der Waals surface area contributed by atoms with Crippen LogP contribution in [-0.2, 0) is 11.3 Å². The Hall–Kier alpha value is -1.49. The first-order chi connectivity index (χ1) is 14.5. The second-order valence-electron chi connectivity index (χ2n) is 8.61. The Balaban J connectivity index is 1.65. The number of benzene rings is 1. The summed E-state index contributed by atoms with van der Waals surface area (Å²) in [5.41, 5.74) is 3.53. The quantitative estimate of drug-likeness (QED) is 0.566. The second-order valence-corrected chi connectivity index (χ2v) is 9.46. The molecule has 2 aromatic rings. The highest BCUT2D eigenvalue weighted by Gasteiger charge is 2.24. The highest BCUT2D eigenvalue weighted by atomic mass is 35.5. The molecule has 2 aliphatic rings. The first kappa shape index (κ1) is 21.7. The lowest BCUT2D eigenvalue weighted by Crippen LogP contribution is -2.32. The average Bonchev–Trinajstić information content (AvgIpc) is 3.38. The largest absolute Gasteiger partial charge is 0.376 e. The van der Waals surface area contributed by atoms with Gasteiger partial charge in [0.1, 0.15) is 0 Å². The maximum Gasteiger partial charge on any atom is 0.253 e. The monoisotopic (exact) mass is 448 g/mol. The summed E-state index contributed by atoms with van der Waals surface area (Å²) >= 11 is 12.8. The van der Waals surface area contributed by atoms with Crippen molar-refractivity contribution in [3.8, 4) is 11.3 Å². The van der Waals surface area contributed by atoms with E-state index in [1.165, 1.54) is 32.1 Å². The number of nitrogens with one attached hydrogen (secondary N) is 1. The molecule has 1 aromatic carbocycles. The molecular formula is C24H30Cl2N2O2. The molecule has 1 atom stereocenters. The van der Waals surface area contributed by atoms with E-state index >= 15 is 0 Å². The summed E-state index contributed by atoms with van der Waals surface area (Å²) in [7, 11) is 0. The smallest absolute Gasteiger partial charge is 0.253 e. The molecule has 162 valence electrons. The first-order valence-electron chi connectivity index (χ1n) is 11.1. The van der Waals surface area contributed by atoms with Crippen molar-refractivity contribution in [3.05, 3.63) is 45.6 Å². The molecule has 1 N–H and O–H groups in total. The van der Waals surface area contributed by atoms with Gasteiger partial charge in [0.15, 0.2) is 0 Å². The third kappa shape index (κ3) is 4.87. The van der Waals surface area contributed by atoms with Crippen LogP contribution in [0.2, 0.25) is 10.0 Å². The molecule has 4 rings (SSSR count). The van der Waals surface area contributed by atoms with E-state index in [4.69, 9.17) is 27.9 Å². The van der Waals surface area contributed by atoms with E-state index in [1.807, 2.05) is 25.1 Å². The summed E-state index contributed by atoms with van der Waals surface area (Å²) in [6, 6.07) is 7.48. The zero-order chi connectivity index (χ0) is 21.1. The minimum absolute atomic E-state index is 0.0511. The van der Waals surface area contributed by atoms with Crippen LogP contribution < -0.4 is 5.32 Å². The number of hydrogen-bond acceptors (Lipinski definition) is 2. The van der Waals surface area contributed by atoms with Gasteiger partial charge in [-0.1, -0.05) is 42.5 Å². The van der Waals surface area contributed by atoms with E-state index in [9.17, 15) is 4.79 Å². The van der Waals surface area contributed by atoms with Gasteiger partial charge in [-0.05, 0) is 62.8 Å². The van der Waals surface area contributed by atoms with Crippen LogP contribution in [0.5, 0.6) is 0 Å². The van der Waals surface area contributed by atoms with E-state index in [0.717, 1.165) is 42.9 Å². The number of hydrogen-bond donors (Lipinski definition) is 1. The van der Waals surface area contributed by atoms with Crippen LogP contribution in [0, 0.1) is 12.8 Å². The maximum absolute atomic E-state index is 13.0. The Bertz CT molecular complexity index is 897. The Morgan fingerprint density at radius 2 is 1.93 bits per heavy atom. The van der Waals surface area contributed by atoms with Gasteiger partial charge in [-0.3, -0.25) is 4.79 Å². The van der Waals surface area contributed by atoms with E-state index < -0.39 is 0 Å². The Kier molecular flexibility index (Phi) is 7.07. The molecule has 1 aliphatic heterocycles. The normalized spacial score (nSPS) is 19.9. The second kappa shape index (κ2) is 9.76. The van der Waals surface area contributed by atoms with Gasteiger partial charge in [0.25, 0.3) is 5.91 Å². The van der Waals surface area contributed by atoms with Gasteiger partial charge < -0.3 is 14.6 Å². The van der Waals surface area contributed by atoms with Crippen molar-refractivity contribution < 1.29 is 9.53 Å². The minimum Gasteiger partial charge on any atom is -0.376 e. The molecule has 4 nitrogen and oxygen atoms in total. The SMILES string of the molecule is Cc1c(C(=O)NC[C@@H]2CCCO2)cc(-c2cc(Cl)ccc2Cl)n1CC1CCCCC1. The zero-order valence-corrected chi connectivity index (χ0v) is 19.1. The van der Waals surface area contributed by atoms with Gasteiger partial charge in [0.05, 0.1) is 17.4 Å². The van der Waals surface area contributed by atoms with Crippen molar-refractivity contribution in [1.82, 2.24) is 9.88 Å². The van der Waals surface area contributed by atoms with E-state index in [-0.39, 0.29) is 12.0 Å². The van der Waals surface area contributed by atoms with E-state index in [2.05, 4.69) is 9.88 Å². The molecule has 1 aliphatic carbocycles. The highest BCUT2D eigenvalue weighted by Crippen LogP contribution is 2.35. The van der Waals surface area contributed by atoms with Gasteiger partial charge in [0.2, 0.25) is 0 Å². The van der Waals surface area contributed by atoms with Crippen LogP contribution in [0.15, 0.2) is 24.3 Å². The third-order valence-corrected chi connectivity index (χ3v) is 7.06. The molecule has 0 radical (unpaired) electrons. The number of amides is 1. The summed E-state index contributed by atoms with van der Waals surface area (Å²) in [4.78, 5) is 13.0. The Morgan fingerprint density at radius 3 is 2.67 bits per heavy atom. The zero-order valence-electron chi connectivity index (χ0n) is 17.6. The van der Waals surface area contributed by atoms with Crippen LogP contribution in [0.3, 0.4) is 0 Å². The van der Waals surface area contributed by atoms with Gasteiger partial charge in [-0.2, -0.15) is 0 Å². The number of nitrogens with zero attached hydrogens (tertiary/aromatic N) is 1. The number of aromatic nitrogens is 1. The summed E-state index contributed by atoms with van der Waals surface area (Å²) in [5.74, 6) is 0.578. The van der Waals surface area contributed by atoms with Crippen molar-refractivity contribution in [3.63, 3.8) is 0 Å². The predicted octanol–water partition coefficient (Wildman–Crippen LogP) is 6.26. The maximum atomic E-state index is 13.0. The lowest BCUT2D eigenvalue weighted by Gasteiger charge is -2.24. The standard InChI is InChI=1S/C24H30Cl2N2O2/c1-16-20(24(29)27-14-19-8-5-11-30-19)13-23(21-12-18(25)9-10-22(21)26)28(16)15-17-6-3-2-4-7-17/h9-10,12-13,17,19H,2-8,11,14-15H2,1H3,(H,27,29)/t19-/m0/s1. The molecule has 0 bridgehead atoms. The molecule has 1 aromatic heterocycles. The van der Waals surface area contributed by atoms with Crippen LogP contribution >= 0.6 is 23.2 Å². The predicted molar refractivity (Wildman–Crippen MR) is 123 cm³/mol. The fourth-order valence-electron chi connectivity index (χ4n) is 4.76. The topological polar surface area (TPSA) is 43.3 Å². The van der Waals surface area contributed by atoms with Crippen molar-refractivity contribution in [2.24, 2.45) is 5.92 Å². The van der Waals surface area contributed by atoms with Crippen LogP contribution in [0.1, 0.15) is 61.0 Å². The number of halogens is 2. The highest BCUT2D eigenvalue weighted by molar-refractivity contribution is 6.35. The Labute approximate surface area is 188 Å². The molecule has 1 saturated heterocycles. The number of carbonyl (C=O) groups is 1. The van der Waals surface area contributed by atoms with Gasteiger partial charge in [-0.15, -0.1) is 0 Å². The Morgan fingerprint density at radius 1 is 1.13 bits per heavy atom. The molecule has 1 amide bonds. The molecule has 0 spiro atoms. The first-order valence-corrected chi connectivity index (χ1v) is 11.8. The van der Waals surface area contributed by atoms with Gasteiger partial charge >= 0.3 is 0 Å². The fraction of sp³-hybridized carbons (Fsp3) is 0.542. The van der Waals surface area contributed by atoms with Crippen molar-refractivity contribution in [2.45, 2.75) is 64.5 Å². The number of rotatable bonds is 6. The van der Waals surface area contributed by atoms with Crippen LogP contribution in [0.4, 0.5) is 0 Å². The minimum atomic E-state index is -0.0511. The van der Waals surface area contributed by atoms with E-state index in [0.29, 0.717) is 28.1 Å². The summed E-state index contributed by atoms with van der Waals surface area (Å²) in [6.07, 6.45) is 8.56. The van der Waals surface area contributed by atoms with Gasteiger partial charge in [0, 0.05) is 41.0 Å². The van der Waals surface area contributed by atoms with Crippen LogP contribution in [-0.4, -0.2) is 29.7 Å². The molecular weight excluding hydrogens is 419 g/mol. The number of ether oxygens (including phenoxy) is 1. The van der Waals surface area contributed by atoms with Crippen molar-refractivity contribution in [2.75, 3.05) is 13.2 Å². The molecule has 2 fully saturated rings. The number of carbonyl (C=O) groups excluding carboxylic acids is 1. The average molecular weight is 449 g/mol. The summed E-state index contributed by atoms with van der Waals surface area (Å²) in [5, 5.41) is 4.35. The molecule has 6 heteroatoms. The molecule has 0 unspecified atom stereocenters. The van der Waals surface area contributed by atoms with Crippen LogP contribution in [0.25, 0.3) is 11.3 Å². The van der Waals surface area contributed by atoms with Crippen molar-refractivity contribution in [1.29, 1.82) is 0 Å². The summed E-state index contributed by atoms with van der Waals surface area (Å²) < 4.78 is 7.92. The molecule has 1 saturated carbocycles. The lowest BCUT2D eigenvalue weighted by molar-refractivity contribution is 0.0857. The summed E-state index contributed by atoms with van der Waals surface area (Å²) in [6.45, 7) is 4.28. The van der Waals surface area contributed by atoms with E-state index in [1.54, 1.807) is 6.07 Å². The third-order valence-electron chi connectivity index (χ3n) is 6.50. The lowest BCUT2D eigenvalue weighted by atomic mass is 9.89.